The standard InChI is InChI=1S/C13H12FNO/c1-16-12-6-4-11(5-7-12)13(14)10-15-8-2-3-9-15/h2-10H,1H3/b13-10-. The van der Waals surface area contributed by atoms with E-state index in [9.17, 15) is 4.39 Å². The zero-order chi connectivity index (χ0) is 11.4. The molecule has 1 heterocycles. The molecule has 2 rings (SSSR count). The summed E-state index contributed by atoms with van der Waals surface area (Å²) in [5.74, 6) is 0.441. The number of rotatable bonds is 3. The number of hydrogen-bond acceptors (Lipinski definition) is 1. The molecule has 0 saturated carbocycles. The van der Waals surface area contributed by atoms with Gasteiger partial charge in [-0.05, 0) is 36.4 Å². The number of methoxy groups -OCH3 is 1. The Kier molecular flexibility index (Phi) is 3.05. The van der Waals surface area contributed by atoms with E-state index in [4.69, 9.17) is 4.74 Å². The lowest BCUT2D eigenvalue weighted by molar-refractivity contribution is 0.414. The summed E-state index contributed by atoms with van der Waals surface area (Å²) in [5.41, 5.74) is 0.537. The van der Waals surface area contributed by atoms with Crippen molar-refractivity contribution in [3.63, 3.8) is 0 Å². The zero-order valence-electron chi connectivity index (χ0n) is 8.93. The maximum atomic E-state index is 13.7. The Labute approximate surface area is 93.6 Å². The monoisotopic (exact) mass is 217 g/mol. The largest absolute Gasteiger partial charge is 0.497 e. The molecule has 0 amide bonds. The first kappa shape index (κ1) is 10.5. The van der Waals surface area contributed by atoms with E-state index in [2.05, 4.69) is 0 Å². The van der Waals surface area contributed by atoms with Gasteiger partial charge >= 0.3 is 0 Å². The molecule has 0 spiro atoms. The fraction of sp³-hybridized carbons (Fsp3) is 0.0769. The van der Waals surface area contributed by atoms with Crippen LogP contribution in [0.15, 0.2) is 48.8 Å². The molecule has 0 saturated heterocycles. The molecule has 1 aromatic heterocycles. The van der Waals surface area contributed by atoms with Gasteiger partial charge in [0.25, 0.3) is 0 Å². The van der Waals surface area contributed by atoms with Crippen LogP contribution in [0.1, 0.15) is 5.56 Å². The van der Waals surface area contributed by atoms with Gasteiger partial charge in [-0.3, -0.25) is 0 Å². The predicted molar refractivity (Wildman–Crippen MR) is 62.7 cm³/mol. The highest BCUT2D eigenvalue weighted by atomic mass is 19.1. The third kappa shape index (κ3) is 2.31. The van der Waals surface area contributed by atoms with Gasteiger partial charge in [0.1, 0.15) is 11.6 Å². The van der Waals surface area contributed by atoms with Crippen LogP contribution in [-0.2, 0) is 0 Å². The number of nitrogens with zero attached hydrogens (tertiary/aromatic N) is 1. The van der Waals surface area contributed by atoms with Crippen molar-refractivity contribution in [2.45, 2.75) is 0 Å². The van der Waals surface area contributed by atoms with Crippen LogP contribution >= 0.6 is 0 Å². The highest BCUT2D eigenvalue weighted by Gasteiger charge is 2.00. The maximum absolute atomic E-state index is 13.7. The van der Waals surface area contributed by atoms with E-state index in [1.165, 1.54) is 6.20 Å². The van der Waals surface area contributed by atoms with Crippen LogP contribution in [-0.4, -0.2) is 11.7 Å². The van der Waals surface area contributed by atoms with Gasteiger partial charge in [-0.2, -0.15) is 0 Å². The fourth-order valence-electron chi connectivity index (χ4n) is 1.39. The average molecular weight is 217 g/mol. The predicted octanol–water partition coefficient (Wildman–Crippen LogP) is 3.42. The Bertz CT molecular complexity index is 471. The normalized spacial score (nSPS) is 11.5. The van der Waals surface area contributed by atoms with Crippen LogP contribution in [0.4, 0.5) is 4.39 Å². The Morgan fingerprint density at radius 3 is 2.38 bits per heavy atom. The summed E-state index contributed by atoms with van der Waals surface area (Å²) in [7, 11) is 1.58. The van der Waals surface area contributed by atoms with Gasteiger partial charge in [-0.25, -0.2) is 4.39 Å². The second kappa shape index (κ2) is 4.66. The summed E-state index contributed by atoms with van der Waals surface area (Å²) in [6.45, 7) is 0. The van der Waals surface area contributed by atoms with Gasteiger partial charge in [0, 0.05) is 24.2 Å². The maximum Gasteiger partial charge on any atom is 0.146 e. The van der Waals surface area contributed by atoms with Crippen LogP contribution in [0.2, 0.25) is 0 Å². The highest BCUT2D eigenvalue weighted by Crippen LogP contribution is 2.20. The van der Waals surface area contributed by atoms with Gasteiger partial charge < -0.3 is 9.30 Å². The molecule has 16 heavy (non-hydrogen) atoms. The highest BCUT2D eigenvalue weighted by molar-refractivity contribution is 5.69. The molecule has 0 fully saturated rings. The lowest BCUT2D eigenvalue weighted by Gasteiger charge is -2.01. The van der Waals surface area contributed by atoms with Crippen LogP contribution < -0.4 is 4.74 Å². The van der Waals surface area contributed by atoms with E-state index in [1.54, 1.807) is 48.3 Å². The molecule has 2 aromatic rings. The Morgan fingerprint density at radius 1 is 1.19 bits per heavy atom. The summed E-state index contributed by atoms with van der Waals surface area (Å²) in [4.78, 5) is 0. The summed E-state index contributed by atoms with van der Waals surface area (Å²) in [5, 5.41) is 0. The van der Waals surface area contributed by atoms with Crippen molar-refractivity contribution in [1.29, 1.82) is 0 Å². The minimum absolute atomic E-state index is 0.279. The topological polar surface area (TPSA) is 14.2 Å². The quantitative estimate of drug-likeness (QED) is 0.768. The first-order valence-corrected chi connectivity index (χ1v) is 4.94. The molecular weight excluding hydrogens is 205 g/mol. The number of hydrogen-bond donors (Lipinski definition) is 0. The van der Waals surface area contributed by atoms with Gasteiger partial charge in [-0.1, -0.05) is 0 Å². The molecule has 1 aromatic carbocycles. The first-order chi connectivity index (χ1) is 7.79. The molecular formula is C13H12FNO. The summed E-state index contributed by atoms with van der Waals surface area (Å²) >= 11 is 0. The number of benzene rings is 1. The van der Waals surface area contributed by atoms with E-state index in [0.717, 1.165) is 5.75 Å². The molecule has 0 bridgehead atoms. The second-order valence-corrected chi connectivity index (χ2v) is 3.34. The molecule has 0 N–H and O–H groups in total. The molecule has 0 aliphatic heterocycles. The fourth-order valence-corrected chi connectivity index (χ4v) is 1.39. The number of ether oxygens (including phenoxy) is 1. The van der Waals surface area contributed by atoms with Gasteiger partial charge in [-0.15, -0.1) is 0 Å². The van der Waals surface area contributed by atoms with E-state index in [1.807, 2.05) is 12.1 Å². The third-order valence-electron chi connectivity index (χ3n) is 2.26. The number of aromatic nitrogens is 1. The average Bonchev–Trinajstić information content (AvgIpc) is 2.82. The van der Waals surface area contributed by atoms with E-state index < -0.39 is 0 Å². The minimum Gasteiger partial charge on any atom is -0.497 e. The van der Waals surface area contributed by atoms with E-state index in [0.29, 0.717) is 5.56 Å². The molecule has 2 nitrogen and oxygen atoms in total. The molecule has 82 valence electrons. The van der Waals surface area contributed by atoms with Gasteiger partial charge in [0.05, 0.1) is 7.11 Å². The van der Waals surface area contributed by atoms with Crippen LogP contribution in [0, 0.1) is 0 Å². The number of halogens is 1. The van der Waals surface area contributed by atoms with Crippen molar-refractivity contribution >= 4 is 12.0 Å². The first-order valence-electron chi connectivity index (χ1n) is 4.94. The van der Waals surface area contributed by atoms with Crippen molar-refractivity contribution in [3.05, 3.63) is 54.4 Å². The smallest absolute Gasteiger partial charge is 0.146 e. The Morgan fingerprint density at radius 2 is 1.81 bits per heavy atom. The van der Waals surface area contributed by atoms with E-state index in [-0.39, 0.29) is 5.83 Å². The summed E-state index contributed by atoms with van der Waals surface area (Å²) in [6.07, 6.45) is 4.99. The summed E-state index contributed by atoms with van der Waals surface area (Å²) in [6, 6.07) is 10.5. The molecule has 0 aliphatic carbocycles. The zero-order valence-corrected chi connectivity index (χ0v) is 8.93. The van der Waals surface area contributed by atoms with Crippen LogP contribution in [0.5, 0.6) is 5.75 Å². The molecule has 0 unspecified atom stereocenters. The van der Waals surface area contributed by atoms with Crippen molar-refractivity contribution in [3.8, 4) is 5.75 Å². The molecule has 0 atom stereocenters. The molecule has 0 radical (unpaired) electrons. The lowest BCUT2D eigenvalue weighted by atomic mass is 10.2. The van der Waals surface area contributed by atoms with Crippen molar-refractivity contribution in [1.82, 2.24) is 4.57 Å². The third-order valence-corrected chi connectivity index (χ3v) is 2.26. The minimum atomic E-state index is -0.279. The van der Waals surface area contributed by atoms with Crippen molar-refractivity contribution in [2.75, 3.05) is 7.11 Å². The van der Waals surface area contributed by atoms with Gasteiger partial charge in [0.2, 0.25) is 0 Å². The van der Waals surface area contributed by atoms with Gasteiger partial charge in [0.15, 0.2) is 0 Å². The molecule has 3 heteroatoms. The van der Waals surface area contributed by atoms with Crippen LogP contribution in [0.25, 0.3) is 12.0 Å². The van der Waals surface area contributed by atoms with E-state index >= 15 is 0 Å². The lowest BCUT2D eigenvalue weighted by Crippen LogP contribution is -1.85. The molecule has 0 aliphatic rings. The summed E-state index contributed by atoms with van der Waals surface area (Å²) < 4.78 is 20.4. The second-order valence-electron chi connectivity index (χ2n) is 3.34. The van der Waals surface area contributed by atoms with Crippen LogP contribution in [0.3, 0.4) is 0 Å². The Balaban J connectivity index is 2.23. The SMILES string of the molecule is COc1ccc(/C(F)=C/n2cccc2)cc1. The Hall–Kier alpha value is -2.03. The van der Waals surface area contributed by atoms with Crippen molar-refractivity contribution in [2.24, 2.45) is 0 Å². The van der Waals surface area contributed by atoms with Crippen molar-refractivity contribution < 1.29 is 9.13 Å².